The molecule has 0 aliphatic rings. The van der Waals surface area contributed by atoms with Crippen LogP contribution in [-0.2, 0) is 9.53 Å². The number of anilines is 1. The molecule has 0 bridgehead atoms. The van der Waals surface area contributed by atoms with E-state index in [4.69, 9.17) is 25.5 Å². The summed E-state index contributed by atoms with van der Waals surface area (Å²) < 4.78 is 15.5. The number of amides is 1. The molecule has 0 atom stereocenters. The maximum absolute atomic E-state index is 12.2. The third-order valence-electron chi connectivity index (χ3n) is 3.49. The van der Waals surface area contributed by atoms with Crippen LogP contribution >= 0.6 is 22.9 Å². The first-order valence-electron chi connectivity index (χ1n) is 7.79. The van der Waals surface area contributed by atoms with Crippen LogP contribution in [0.15, 0.2) is 41.0 Å². The predicted molar refractivity (Wildman–Crippen MR) is 101 cm³/mol. The van der Waals surface area contributed by atoms with E-state index in [0.717, 1.165) is 0 Å². The van der Waals surface area contributed by atoms with Crippen molar-refractivity contribution in [2.45, 2.75) is 6.92 Å². The zero-order valence-electron chi connectivity index (χ0n) is 14.4. The van der Waals surface area contributed by atoms with Crippen molar-refractivity contribution >= 4 is 40.5 Å². The molecule has 27 heavy (non-hydrogen) atoms. The number of halogens is 1. The van der Waals surface area contributed by atoms with Gasteiger partial charge in [-0.2, -0.15) is 0 Å². The molecule has 0 unspecified atom stereocenters. The predicted octanol–water partition coefficient (Wildman–Crippen LogP) is 4.17. The van der Waals surface area contributed by atoms with Crippen molar-refractivity contribution in [2.75, 3.05) is 19.0 Å². The number of nitrogens with one attached hydrogen (secondary N) is 1. The van der Waals surface area contributed by atoms with Gasteiger partial charge in [0.15, 0.2) is 23.1 Å². The molecule has 1 amide bonds. The van der Waals surface area contributed by atoms with E-state index in [-0.39, 0.29) is 5.69 Å². The smallest absolute Gasteiger partial charge is 0.358 e. The number of carbonyl (C=O) groups excluding carboxylic acids is 2. The molecule has 0 fully saturated rings. The summed E-state index contributed by atoms with van der Waals surface area (Å²) >= 11 is 7.23. The minimum atomic E-state index is -0.685. The molecule has 0 aliphatic heterocycles. The van der Waals surface area contributed by atoms with Crippen LogP contribution < -0.4 is 10.1 Å². The van der Waals surface area contributed by atoms with Gasteiger partial charge in [-0.15, -0.1) is 11.3 Å². The molecule has 7 nitrogen and oxygen atoms in total. The van der Waals surface area contributed by atoms with E-state index in [1.54, 1.807) is 37.3 Å². The SMILES string of the molecule is COc1ccc(Cl)cc1NC(=O)COC(=O)c1nc(-c2ccco2)sc1C. The summed E-state index contributed by atoms with van der Waals surface area (Å²) in [7, 11) is 1.47. The van der Waals surface area contributed by atoms with Crippen LogP contribution in [0.4, 0.5) is 5.69 Å². The molecule has 2 heterocycles. The summed E-state index contributed by atoms with van der Waals surface area (Å²) in [4.78, 5) is 29.2. The number of furan rings is 1. The zero-order valence-corrected chi connectivity index (χ0v) is 16.0. The van der Waals surface area contributed by atoms with Crippen molar-refractivity contribution in [1.82, 2.24) is 4.98 Å². The standard InChI is InChI=1S/C18H15ClN2O5S/c1-10-16(21-17(27-10)14-4-3-7-25-14)18(23)26-9-15(22)20-12-8-11(19)5-6-13(12)24-2/h3-8H,9H2,1-2H3,(H,20,22). The maximum atomic E-state index is 12.2. The Bertz CT molecular complexity index is 968. The second-order valence-corrected chi connectivity index (χ2v) is 7.01. The minimum Gasteiger partial charge on any atom is -0.495 e. The number of rotatable bonds is 6. The highest BCUT2D eigenvalue weighted by molar-refractivity contribution is 7.15. The van der Waals surface area contributed by atoms with E-state index < -0.39 is 18.5 Å². The van der Waals surface area contributed by atoms with Crippen molar-refractivity contribution in [3.63, 3.8) is 0 Å². The minimum absolute atomic E-state index is 0.152. The van der Waals surface area contributed by atoms with Gasteiger partial charge in [0.05, 0.1) is 19.1 Å². The molecular formula is C18H15ClN2O5S. The lowest BCUT2D eigenvalue weighted by molar-refractivity contribution is -0.119. The van der Waals surface area contributed by atoms with Gasteiger partial charge in [0, 0.05) is 9.90 Å². The molecule has 9 heteroatoms. The Hall–Kier alpha value is -2.84. The Morgan fingerprint density at radius 3 is 2.85 bits per heavy atom. The molecule has 3 aromatic rings. The largest absolute Gasteiger partial charge is 0.495 e. The molecule has 0 saturated carbocycles. The monoisotopic (exact) mass is 406 g/mol. The Morgan fingerprint density at radius 1 is 1.33 bits per heavy atom. The summed E-state index contributed by atoms with van der Waals surface area (Å²) in [5.41, 5.74) is 0.538. The van der Waals surface area contributed by atoms with E-state index in [1.165, 1.54) is 24.7 Å². The van der Waals surface area contributed by atoms with Gasteiger partial charge >= 0.3 is 5.97 Å². The molecule has 1 N–H and O–H groups in total. The van der Waals surface area contributed by atoms with E-state index in [9.17, 15) is 9.59 Å². The van der Waals surface area contributed by atoms with E-state index >= 15 is 0 Å². The van der Waals surface area contributed by atoms with Gasteiger partial charge in [-0.3, -0.25) is 4.79 Å². The molecule has 0 saturated heterocycles. The van der Waals surface area contributed by atoms with Crippen molar-refractivity contribution < 1.29 is 23.5 Å². The average molecular weight is 407 g/mol. The number of hydrogen-bond acceptors (Lipinski definition) is 7. The van der Waals surface area contributed by atoms with Gasteiger partial charge < -0.3 is 19.2 Å². The molecule has 0 aliphatic carbocycles. The summed E-state index contributed by atoms with van der Waals surface area (Å²) in [5, 5.41) is 3.60. The van der Waals surface area contributed by atoms with Crippen molar-refractivity contribution in [1.29, 1.82) is 0 Å². The molecule has 140 valence electrons. The van der Waals surface area contributed by atoms with Gasteiger partial charge in [0.25, 0.3) is 5.91 Å². The average Bonchev–Trinajstić information content (AvgIpc) is 3.29. The lowest BCUT2D eigenvalue weighted by atomic mass is 10.3. The first-order chi connectivity index (χ1) is 13.0. The Morgan fingerprint density at radius 2 is 2.15 bits per heavy atom. The Labute approximate surface area is 163 Å². The Kier molecular flexibility index (Phi) is 5.78. The number of thiazole rings is 1. The highest BCUT2D eigenvalue weighted by Gasteiger charge is 2.20. The van der Waals surface area contributed by atoms with Crippen LogP contribution in [0.3, 0.4) is 0 Å². The van der Waals surface area contributed by atoms with Crippen molar-refractivity contribution in [2.24, 2.45) is 0 Å². The third kappa shape index (κ3) is 4.47. The fourth-order valence-electron chi connectivity index (χ4n) is 2.26. The van der Waals surface area contributed by atoms with E-state index in [2.05, 4.69) is 10.3 Å². The van der Waals surface area contributed by atoms with Gasteiger partial charge in [-0.05, 0) is 37.3 Å². The number of benzene rings is 1. The quantitative estimate of drug-likeness (QED) is 0.618. The normalized spacial score (nSPS) is 10.5. The summed E-state index contributed by atoms with van der Waals surface area (Å²) in [6.45, 7) is 1.28. The highest BCUT2D eigenvalue weighted by atomic mass is 35.5. The molecule has 1 aromatic carbocycles. The lowest BCUT2D eigenvalue weighted by Gasteiger charge is -2.10. The molecule has 3 rings (SSSR count). The van der Waals surface area contributed by atoms with E-state index in [0.29, 0.717) is 32.1 Å². The van der Waals surface area contributed by atoms with Crippen LogP contribution in [0, 0.1) is 6.92 Å². The second-order valence-electron chi connectivity index (χ2n) is 5.37. The number of methoxy groups -OCH3 is 1. The van der Waals surface area contributed by atoms with Gasteiger partial charge in [0.1, 0.15) is 5.75 Å². The maximum Gasteiger partial charge on any atom is 0.358 e. The zero-order chi connectivity index (χ0) is 19.4. The number of esters is 1. The van der Waals surface area contributed by atoms with Crippen LogP contribution in [0.2, 0.25) is 5.02 Å². The Balaban J connectivity index is 1.63. The lowest BCUT2D eigenvalue weighted by Crippen LogP contribution is -2.21. The number of aryl methyl sites for hydroxylation is 1. The van der Waals surface area contributed by atoms with Gasteiger partial charge in [0.2, 0.25) is 0 Å². The summed E-state index contributed by atoms with van der Waals surface area (Å²) in [6, 6.07) is 8.29. The molecular weight excluding hydrogens is 392 g/mol. The number of aromatic nitrogens is 1. The fraction of sp³-hybridized carbons (Fsp3) is 0.167. The second kappa shape index (κ2) is 8.24. The first kappa shape index (κ1) is 18.9. The van der Waals surface area contributed by atoms with Crippen LogP contribution in [-0.4, -0.2) is 30.6 Å². The summed E-state index contributed by atoms with van der Waals surface area (Å²) in [6.07, 6.45) is 1.53. The van der Waals surface area contributed by atoms with Crippen LogP contribution in [0.5, 0.6) is 5.75 Å². The fourth-order valence-corrected chi connectivity index (χ4v) is 3.30. The molecule has 0 spiro atoms. The first-order valence-corrected chi connectivity index (χ1v) is 8.99. The topological polar surface area (TPSA) is 90.7 Å². The molecule has 0 radical (unpaired) electrons. The summed E-state index contributed by atoms with van der Waals surface area (Å²) in [5.74, 6) is -0.205. The number of nitrogens with zero attached hydrogens (tertiary/aromatic N) is 1. The number of ether oxygens (including phenoxy) is 2. The number of hydrogen-bond donors (Lipinski definition) is 1. The van der Waals surface area contributed by atoms with Crippen LogP contribution in [0.25, 0.3) is 10.8 Å². The molecule has 2 aromatic heterocycles. The number of carbonyl (C=O) groups is 2. The highest BCUT2D eigenvalue weighted by Crippen LogP contribution is 2.29. The van der Waals surface area contributed by atoms with Crippen LogP contribution in [0.1, 0.15) is 15.4 Å². The van der Waals surface area contributed by atoms with Crippen molar-refractivity contribution in [3.05, 3.63) is 52.2 Å². The van der Waals surface area contributed by atoms with Gasteiger partial charge in [-0.25, -0.2) is 9.78 Å². The van der Waals surface area contributed by atoms with Gasteiger partial charge in [-0.1, -0.05) is 11.6 Å². The third-order valence-corrected chi connectivity index (χ3v) is 4.71. The van der Waals surface area contributed by atoms with E-state index in [1.807, 2.05) is 0 Å². The van der Waals surface area contributed by atoms with Crippen molar-refractivity contribution in [3.8, 4) is 16.5 Å².